The number of hydrogen-bond acceptors (Lipinski definition) is 4. The molecular weight excluding hydrogens is 381 g/mol. The predicted molar refractivity (Wildman–Crippen MR) is 113 cm³/mol. The number of rotatable bonds is 5. The minimum atomic E-state index is -0.338. The number of nitriles is 1. The molecule has 2 heterocycles. The van der Waals surface area contributed by atoms with Gasteiger partial charge < -0.3 is 0 Å². The molecule has 4 rings (SSSR count). The lowest BCUT2D eigenvalue weighted by molar-refractivity contribution is -0.114. The Kier molecular flexibility index (Phi) is 5.22. The zero-order valence-corrected chi connectivity index (χ0v) is 16.3. The summed E-state index contributed by atoms with van der Waals surface area (Å²) in [4.78, 5) is 13.0. The lowest BCUT2D eigenvalue weighted by Crippen LogP contribution is -2.21. The van der Waals surface area contributed by atoms with Gasteiger partial charge in [-0.25, -0.2) is 4.39 Å². The van der Waals surface area contributed by atoms with Crippen molar-refractivity contribution in [2.75, 3.05) is 5.01 Å². The van der Waals surface area contributed by atoms with Crippen molar-refractivity contribution in [2.45, 2.75) is 19.9 Å². The predicted octanol–water partition coefficient (Wildman–Crippen LogP) is 4.41. The molecule has 0 aliphatic carbocycles. The lowest BCUT2D eigenvalue weighted by atomic mass is 10.0. The number of carbonyl (C=O) groups excluding carboxylic acids is 1. The van der Waals surface area contributed by atoms with Crippen LogP contribution in [0.4, 0.5) is 10.1 Å². The van der Waals surface area contributed by atoms with Gasteiger partial charge in [-0.1, -0.05) is 18.2 Å². The molecule has 1 aliphatic heterocycles. The van der Waals surface area contributed by atoms with Crippen LogP contribution in [0.15, 0.2) is 71.5 Å². The SMILES string of the molecule is CC1=NN(c2ccccc2)C(=O)C1=Cc1cn(CCC#N)nc1-c1ccc(F)cc1. The highest BCUT2D eigenvalue weighted by Gasteiger charge is 2.29. The summed E-state index contributed by atoms with van der Waals surface area (Å²) < 4.78 is 15.0. The van der Waals surface area contributed by atoms with Crippen LogP contribution in [-0.4, -0.2) is 21.4 Å². The van der Waals surface area contributed by atoms with E-state index in [9.17, 15) is 9.18 Å². The van der Waals surface area contributed by atoms with Crippen molar-refractivity contribution in [3.63, 3.8) is 0 Å². The number of halogens is 1. The van der Waals surface area contributed by atoms with Crippen LogP contribution in [0.25, 0.3) is 17.3 Å². The van der Waals surface area contributed by atoms with Gasteiger partial charge in [-0.05, 0) is 49.4 Å². The maximum absolute atomic E-state index is 13.4. The average molecular weight is 399 g/mol. The molecule has 2 aromatic carbocycles. The summed E-state index contributed by atoms with van der Waals surface area (Å²) in [5.74, 6) is -0.566. The summed E-state index contributed by atoms with van der Waals surface area (Å²) >= 11 is 0. The number of hydrazone groups is 1. The van der Waals surface area contributed by atoms with Crippen LogP contribution in [0.2, 0.25) is 0 Å². The minimum absolute atomic E-state index is 0.228. The van der Waals surface area contributed by atoms with Gasteiger partial charge in [0.1, 0.15) is 5.82 Å². The molecule has 7 heteroatoms. The van der Waals surface area contributed by atoms with Crippen LogP contribution in [-0.2, 0) is 11.3 Å². The normalized spacial score (nSPS) is 14.8. The number of amides is 1. The van der Waals surface area contributed by atoms with E-state index in [4.69, 9.17) is 5.26 Å². The molecule has 0 fully saturated rings. The van der Waals surface area contributed by atoms with Crippen molar-refractivity contribution in [3.8, 4) is 17.3 Å². The minimum Gasteiger partial charge on any atom is -0.270 e. The van der Waals surface area contributed by atoms with Gasteiger partial charge in [0.25, 0.3) is 5.91 Å². The van der Waals surface area contributed by atoms with Gasteiger partial charge in [0.2, 0.25) is 0 Å². The standard InChI is InChI=1S/C23H18FN5O/c1-16-21(23(30)29(26-16)20-6-3-2-4-7-20)14-18-15-28(13-5-12-25)27-22(18)17-8-10-19(24)11-9-17/h2-4,6-11,14-15H,5,13H2,1H3. The fraction of sp³-hybridized carbons (Fsp3) is 0.130. The van der Waals surface area contributed by atoms with Gasteiger partial charge in [-0.3, -0.25) is 9.48 Å². The second-order valence-electron chi connectivity index (χ2n) is 6.81. The third kappa shape index (κ3) is 3.76. The zero-order chi connectivity index (χ0) is 21.1. The first-order chi connectivity index (χ1) is 14.6. The first-order valence-corrected chi connectivity index (χ1v) is 9.44. The van der Waals surface area contributed by atoms with Crippen LogP contribution in [0.1, 0.15) is 18.9 Å². The van der Waals surface area contributed by atoms with E-state index >= 15 is 0 Å². The van der Waals surface area contributed by atoms with Crippen molar-refractivity contribution in [2.24, 2.45) is 5.10 Å². The molecule has 3 aromatic rings. The number of hydrogen-bond donors (Lipinski definition) is 0. The van der Waals surface area contributed by atoms with Crippen LogP contribution in [0, 0.1) is 17.1 Å². The molecule has 0 bridgehead atoms. The Bertz CT molecular complexity index is 1190. The molecule has 1 aromatic heterocycles. The maximum Gasteiger partial charge on any atom is 0.280 e. The van der Waals surface area contributed by atoms with Crippen molar-refractivity contribution in [1.82, 2.24) is 9.78 Å². The summed E-state index contributed by atoms with van der Waals surface area (Å²) in [6.45, 7) is 2.20. The third-order valence-corrected chi connectivity index (χ3v) is 4.72. The molecule has 0 N–H and O–H groups in total. The van der Waals surface area contributed by atoms with Crippen LogP contribution in [0.5, 0.6) is 0 Å². The van der Waals surface area contributed by atoms with Crippen molar-refractivity contribution in [3.05, 3.63) is 77.7 Å². The third-order valence-electron chi connectivity index (χ3n) is 4.72. The van der Waals surface area contributed by atoms with E-state index in [1.807, 2.05) is 30.3 Å². The van der Waals surface area contributed by atoms with Gasteiger partial charge in [0.15, 0.2) is 0 Å². The highest BCUT2D eigenvalue weighted by atomic mass is 19.1. The Morgan fingerprint density at radius 1 is 1.13 bits per heavy atom. The lowest BCUT2D eigenvalue weighted by Gasteiger charge is -2.11. The summed E-state index contributed by atoms with van der Waals surface area (Å²) in [5.41, 5.74) is 3.78. The van der Waals surface area contributed by atoms with E-state index in [1.54, 1.807) is 36.0 Å². The number of carbonyl (C=O) groups is 1. The van der Waals surface area contributed by atoms with E-state index in [1.165, 1.54) is 17.1 Å². The highest BCUT2D eigenvalue weighted by molar-refractivity contribution is 6.32. The summed E-state index contributed by atoms with van der Waals surface area (Å²) in [6, 6.07) is 17.3. The highest BCUT2D eigenvalue weighted by Crippen LogP contribution is 2.28. The maximum atomic E-state index is 13.4. The number of para-hydroxylation sites is 1. The van der Waals surface area contributed by atoms with E-state index in [0.29, 0.717) is 41.2 Å². The van der Waals surface area contributed by atoms with Crippen molar-refractivity contribution < 1.29 is 9.18 Å². The summed E-state index contributed by atoms with van der Waals surface area (Å²) in [7, 11) is 0. The fourth-order valence-electron chi connectivity index (χ4n) is 3.24. The van der Waals surface area contributed by atoms with Gasteiger partial charge in [-0.2, -0.15) is 20.5 Å². The quantitative estimate of drug-likeness (QED) is 0.597. The second kappa shape index (κ2) is 8.13. The number of aromatic nitrogens is 2. The Labute approximate surface area is 173 Å². The smallest absolute Gasteiger partial charge is 0.270 e. The molecule has 0 saturated heterocycles. The Morgan fingerprint density at radius 3 is 2.57 bits per heavy atom. The molecule has 0 radical (unpaired) electrons. The zero-order valence-electron chi connectivity index (χ0n) is 16.3. The Balaban J connectivity index is 1.74. The number of aryl methyl sites for hydroxylation is 1. The van der Waals surface area contributed by atoms with Crippen molar-refractivity contribution >= 4 is 23.4 Å². The summed E-state index contributed by atoms with van der Waals surface area (Å²) in [6.07, 6.45) is 3.84. The van der Waals surface area contributed by atoms with Crippen LogP contribution in [0.3, 0.4) is 0 Å². The molecule has 0 spiro atoms. The number of anilines is 1. The first-order valence-electron chi connectivity index (χ1n) is 9.44. The molecule has 148 valence electrons. The van der Waals surface area contributed by atoms with Crippen molar-refractivity contribution in [1.29, 1.82) is 5.26 Å². The van der Waals surface area contributed by atoms with E-state index in [2.05, 4.69) is 16.3 Å². The molecule has 0 atom stereocenters. The topological polar surface area (TPSA) is 74.3 Å². The van der Waals surface area contributed by atoms with E-state index < -0.39 is 0 Å². The van der Waals surface area contributed by atoms with E-state index in [0.717, 1.165) is 5.56 Å². The first kappa shape index (κ1) is 19.3. The second-order valence-corrected chi connectivity index (χ2v) is 6.81. The van der Waals surface area contributed by atoms with Crippen LogP contribution >= 0.6 is 0 Å². The van der Waals surface area contributed by atoms with Gasteiger partial charge in [0.05, 0.1) is 41.7 Å². The number of nitrogens with zero attached hydrogens (tertiary/aromatic N) is 5. The molecule has 6 nitrogen and oxygen atoms in total. The number of benzene rings is 2. The molecule has 0 saturated carbocycles. The molecule has 1 amide bonds. The van der Waals surface area contributed by atoms with Gasteiger partial charge in [-0.15, -0.1) is 0 Å². The molecule has 1 aliphatic rings. The average Bonchev–Trinajstić information content (AvgIpc) is 3.29. The van der Waals surface area contributed by atoms with Crippen LogP contribution < -0.4 is 5.01 Å². The Morgan fingerprint density at radius 2 is 1.87 bits per heavy atom. The monoisotopic (exact) mass is 399 g/mol. The Hall–Kier alpha value is -4.05. The van der Waals surface area contributed by atoms with Gasteiger partial charge >= 0.3 is 0 Å². The molecular formula is C23H18FN5O. The fourth-order valence-corrected chi connectivity index (χ4v) is 3.24. The van der Waals surface area contributed by atoms with Gasteiger partial charge in [0, 0.05) is 17.3 Å². The molecule has 30 heavy (non-hydrogen) atoms. The molecule has 0 unspecified atom stereocenters. The van der Waals surface area contributed by atoms with E-state index in [-0.39, 0.29) is 11.7 Å². The summed E-state index contributed by atoms with van der Waals surface area (Å²) in [5, 5.41) is 19.2. The largest absolute Gasteiger partial charge is 0.280 e.